The molecule has 1 atom stereocenters. The SMILES string of the molecule is CCNC(=O)[C@H](C)NC(=O)COc1ccc(-c2nc(C)cs2)cc1. The molecule has 0 unspecified atom stereocenters. The standard InChI is InChI=1S/C17H21N3O3S/c1-4-18-16(22)12(3)20-15(21)9-23-14-7-5-13(6-8-14)17-19-11(2)10-24-17/h5-8,10,12H,4,9H2,1-3H3,(H,18,22)(H,20,21)/t12-/m0/s1. The van der Waals surface area contributed by atoms with Crippen LogP contribution in [0.1, 0.15) is 19.5 Å². The average Bonchev–Trinajstić information content (AvgIpc) is 3.00. The molecule has 0 radical (unpaired) electrons. The number of nitrogens with zero attached hydrogens (tertiary/aromatic N) is 1. The molecule has 2 amide bonds. The number of ether oxygens (including phenoxy) is 1. The Bertz CT molecular complexity index is 697. The van der Waals surface area contributed by atoms with E-state index < -0.39 is 6.04 Å². The Balaban J connectivity index is 1.84. The summed E-state index contributed by atoms with van der Waals surface area (Å²) < 4.78 is 5.44. The second kappa shape index (κ2) is 8.44. The monoisotopic (exact) mass is 347 g/mol. The molecule has 2 aromatic rings. The van der Waals surface area contributed by atoms with Crippen LogP contribution in [0.2, 0.25) is 0 Å². The topological polar surface area (TPSA) is 80.3 Å². The number of thiazole rings is 1. The lowest BCUT2D eigenvalue weighted by molar-refractivity contribution is -0.129. The molecule has 0 aliphatic rings. The molecular weight excluding hydrogens is 326 g/mol. The third-order valence-corrected chi connectivity index (χ3v) is 4.22. The van der Waals surface area contributed by atoms with E-state index in [9.17, 15) is 9.59 Å². The Morgan fingerprint density at radius 3 is 2.58 bits per heavy atom. The zero-order valence-electron chi connectivity index (χ0n) is 14.0. The van der Waals surface area contributed by atoms with Crippen LogP contribution in [0.15, 0.2) is 29.6 Å². The fraction of sp³-hybridized carbons (Fsp3) is 0.353. The van der Waals surface area contributed by atoms with Crippen molar-refractivity contribution in [1.82, 2.24) is 15.6 Å². The molecule has 6 nitrogen and oxygen atoms in total. The zero-order valence-corrected chi connectivity index (χ0v) is 14.8. The number of likely N-dealkylation sites (N-methyl/N-ethyl adjacent to an activating group) is 1. The van der Waals surface area contributed by atoms with Gasteiger partial charge in [0.05, 0.1) is 0 Å². The minimum Gasteiger partial charge on any atom is -0.484 e. The lowest BCUT2D eigenvalue weighted by Crippen LogP contribution is -2.46. The van der Waals surface area contributed by atoms with Gasteiger partial charge in [-0.05, 0) is 45.0 Å². The van der Waals surface area contributed by atoms with E-state index in [0.29, 0.717) is 12.3 Å². The number of aryl methyl sites for hydroxylation is 1. The summed E-state index contributed by atoms with van der Waals surface area (Å²) in [4.78, 5) is 27.8. The molecule has 0 fully saturated rings. The minimum atomic E-state index is -0.587. The van der Waals surface area contributed by atoms with Gasteiger partial charge in [-0.2, -0.15) is 0 Å². The van der Waals surface area contributed by atoms with Gasteiger partial charge in [-0.15, -0.1) is 11.3 Å². The van der Waals surface area contributed by atoms with Gasteiger partial charge >= 0.3 is 0 Å². The quantitative estimate of drug-likeness (QED) is 0.804. The molecule has 1 heterocycles. The molecule has 0 aliphatic carbocycles. The van der Waals surface area contributed by atoms with E-state index >= 15 is 0 Å². The van der Waals surface area contributed by atoms with E-state index in [0.717, 1.165) is 16.3 Å². The van der Waals surface area contributed by atoms with Crippen LogP contribution < -0.4 is 15.4 Å². The van der Waals surface area contributed by atoms with Crippen molar-refractivity contribution in [2.45, 2.75) is 26.8 Å². The number of nitrogens with one attached hydrogen (secondary N) is 2. The Labute approximate surface area is 145 Å². The number of hydrogen-bond acceptors (Lipinski definition) is 5. The number of benzene rings is 1. The predicted octanol–water partition coefficient (Wildman–Crippen LogP) is 2.14. The Hall–Kier alpha value is -2.41. The van der Waals surface area contributed by atoms with Gasteiger partial charge in [-0.3, -0.25) is 9.59 Å². The highest BCUT2D eigenvalue weighted by atomic mass is 32.1. The number of carbonyl (C=O) groups excluding carboxylic acids is 2. The summed E-state index contributed by atoms with van der Waals surface area (Å²) in [6.07, 6.45) is 0. The first-order valence-electron chi connectivity index (χ1n) is 7.72. The summed E-state index contributed by atoms with van der Waals surface area (Å²) in [7, 11) is 0. The fourth-order valence-corrected chi connectivity index (χ4v) is 2.81. The minimum absolute atomic E-state index is 0.139. The van der Waals surface area contributed by atoms with Gasteiger partial charge in [0.15, 0.2) is 6.61 Å². The highest BCUT2D eigenvalue weighted by Crippen LogP contribution is 2.25. The lowest BCUT2D eigenvalue weighted by atomic mass is 10.2. The fourth-order valence-electron chi connectivity index (χ4n) is 2.01. The summed E-state index contributed by atoms with van der Waals surface area (Å²) in [6, 6.07) is 6.82. The molecule has 0 bridgehead atoms. The van der Waals surface area contributed by atoms with Crippen LogP contribution >= 0.6 is 11.3 Å². The van der Waals surface area contributed by atoms with Crippen molar-refractivity contribution < 1.29 is 14.3 Å². The maximum Gasteiger partial charge on any atom is 0.258 e. The van der Waals surface area contributed by atoms with Crippen LogP contribution in [0.25, 0.3) is 10.6 Å². The van der Waals surface area contributed by atoms with Crippen molar-refractivity contribution in [3.8, 4) is 16.3 Å². The Kier molecular flexibility index (Phi) is 6.31. The summed E-state index contributed by atoms with van der Waals surface area (Å²) in [5, 5.41) is 8.19. The van der Waals surface area contributed by atoms with E-state index in [1.165, 1.54) is 0 Å². The van der Waals surface area contributed by atoms with Gasteiger partial charge in [0.2, 0.25) is 5.91 Å². The first-order chi connectivity index (χ1) is 11.5. The molecule has 2 rings (SSSR count). The number of aromatic nitrogens is 1. The van der Waals surface area contributed by atoms with Gasteiger partial charge < -0.3 is 15.4 Å². The summed E-state index contributed by atoms with van der Waals surface area (Å²) in [5.41, 5.74) is 2.00. The van der Waals surface area contributed by atoms with Crippen LogP contribution in [0.3, 0.4) is 0 Å². The van der Waals surface area contributed by atoms with Crippen LogP contribution in [-0.4, -0.2) is 36.0 Å². The van der Waals surface area contributed by atoms with Crippen LogP contribution in [0.5, 0.6) is 5.75 Å². The molecule has 1 aromatic carbocycles. The third-order valence-electron chi connectivity index (χ3n) is 3.21. The van der Waals surface area contributed by atoms with Crippen molar-refractivity contribution in [2.24, 2.45) is 0 Å². The predicted molar refractivity (Wildman–Crippen MR) is 94.1 cm³/mol. The van der Waals surface area contributed by atoms with E-state index in [4.69, 9.17) is 4.74 Å². The number of hydrogen-bond donors (Lipinski definition) is 2. The third kappa shape index (κ3) is 5.06. The molecule has 128 valence electrons. The second-order valence-electron chi connectivity index (χ2n) is 5.29. The molecule has 1 aromatic heterocycles. The molecular formula is C17H21N3O3S. The Morgan fingerprint density at radius 2 is 2.00 bits per heavy atom. The molecule has 2 N–H and O–H groups in total. The highest BCUT2D eigenvalue weighted by Gasteiger charge is 2.14. The van der Waals surface area contributed by atoms with Crippen LogP contribution in [0, 0.1) is 6.92 Å². The van der Waals surface area contributed by atoms with Gasteiger partial charge in [-0.1, -0.05) is 0 Å². The van der Waals surface area contributed by atoms with E-state index in [1.807, 2.05) is 31.4 Å². The van der Waals surface area contributed by atoms with Crippen molar-refractivity contribution in [1.29, 1.82) is 0 Å². The van der Waals surface area contributed by atoms with Crippen molar-refractivity contribution in [3.05, 3.63) is 35.3 Å². The van der Waals surface area contributed by atoms with Crippen molar-refractivity contribution in [2.75, 3.05) is 13.2 Å². The van der Waals surface area contributed by atoms with E-state index in [-0.39, 0.29) is 18.4 Å². The highest BCUT2D eigenvalue weighted by molar-refractivity contribution is 7.13. The maximum atomic E-state index is 11.8. The average molecular weight is 347 g/mol. The molecule has 0 aliphatic heterocycles. The molecule has 0 spiro atoms. The van der Waals surface area contributed by atoms with Crippen LogP contribution in [0.4, 0.5) is 0 Å². The zero-order chi connectivity index (χ0) is 17.5. The number of carbonyl (C=O) groups is 2. The first kappa shape index (κ1) is 17.9. The summed E-state index contributed by atoms with van der Waals surface area (Å²) in [5.74, 6) is 0.0372. The van der Waals surface area contributed by atoms with Crippen LogP contribution in [-0.2, 0) is 9.59 Å². The largest absolute Gasteiger partial charge is 0.484 e. The van der Waals surface area contributed by atoms with Gasteiger partial charge in [0.25, 0.3) is 5.91 Å². The molecule has 7 heteroatoms. The van der Waals surface area contributed by atoms with Gasteiger partial charge in [0.1, 0.15) is 16.8 Å². The van der Waals surface area contributed by atoms with Gasteiger partial charge in [-0.25, -0.2) is 4.98 Å². The smallest absolute Gasteiger partial charge is 0.258 e. The Morgan fingerprint density at radius 1 is 1.29 bits per heavy atom. The second-order valence-corrected chi connectivity index (χ2v) is 6.15. The number of rotatable bonds is 7. The maximum absolute atomic E-state index is 11.8. The van der Waals surface area contributed by atoms with E-state index in [1.54, 1.807) is 30.4 Å². The van der Waals surface area contributed by atoms with Gasteiger partial charge in [0, 0.05) is 23.2 Å². The molecule has 24 heavy (non-hydrogen) atoms. The van der Waals surface area contributed by atoms with Crippen molar-refractivity contribution >= 4 is 23.2 Å². The normalized spacial score (nSPS) is 11.6. The van der Waals surface area contributed by atoms with Crippen molar-refractivity contribution in [3.63, 3.8) is 0 Å². The number of amides is 2. The summed E-state index contributed by atoms with van der Waals surface area (Å²) >= 11 is 1.59. The molecule has 0 saturated carbocycles. The molecule has 0 saturated heterocycles. The summed E-state index contributed by atoms with van der Waals surface area (Å²) in [6.45, 7) is 5.80. The lowest BCUT2D eigenvalue weighted by Gasteiger charge is -2.13. The first-order valence-corrected chi connectivity index (χ1v) is 8.60. The van der Waals surface area contributed by atoms with E-state index in [2.05, 4.69) is 15.6 Å².